The minimum atomic E-state index is -1.10. The predicted octanol–water partition coefficient (Wildman–Crippen LogP) is 4.69. The van der Waals surface area contributed by atoms with Crippen molar-refractivity contribution in [1.29, 1.82) is 0 Å². The molecule has 5 nitrogen and oxygen atoms in total. The van der Waals surface area contributed by atoms with E-state index in [1.807, 2.05) is 41.2 Å². The van der Waals surface area contributed by atoms with Gasteiger partial charge in [0.05, 0.1) is 22.7 Å². The molecule has 0 N–H and O–H groups in total. The first-order chi connectivity index (χ1) is 12.5. The highest BCUT2D eigenvalue weighted by molar-refractivity contribution is 6.76. The van der Waals surface area contributed by atoms with Gasteiger partial charge in [-0.1, -0.05) is 50.0 Å². The smallest absolute Gasteiger partial charge is 0.234 e. The molecule has 2 heterocycles. The van der Waals surface area contributed by atoms with Gasteiger partial charge >= 0.3 is 0 Å². The van der Waals surface area contributed by atoms with Crippen molar-refractivity contribution in [3.63, 3.8) is 0 Å². The summed E-state index contributed by atoms with van der Waals surface area (Å²) >= 11 is 0. The van der Waals surface area contributed by atoms with Crippen molar-refractivity contribution < 1.29 is 4.74 Å². The van der Waals surface area contributed by atoms with Gasteiger partial charge in [0.25, 0.3) is 0 Å². The largest absolute Gasteiger partial charge is 0.361 e. The highest BCUT2D eigenvalue weighted by Crippen LogP contribution is 2.22. The maximum atomic E-state index is 6.03. The second-order valence-corrected chi connectivity index (χ2v) is 13.4. The lowest BCUT2D eigenvalue weighted by atomic mass is 10.3. The van der Waals surface area contributed by atoms with E-state index in [2.05, 4.69) is 47.5 Å². The molecular weight excluding hydrogens is 340 g/mol. The Labute approximate surface area is 154 Å². The van der Waals surface area contributed by atoms with E-state index in [1.54, 1.807) is 0 Å². The fourth-order valence-electron chi connectivity index (χ4n) is 3.02. The molecule has 0 aliphatic carbocycles. The van der Waals surface area contributed by atoms with Gasteiger partial charge in [-0.15, -0.1) is 0 Å². The molecule has 0 unspecified atom stereocenters. The minimum absolute atomic E-state index is 0.481. The summed E-state index contributed by atoms with van der Waals surface area (Å²) in [5.74, 6) is 0.792. The molecule has 6 heteroatoms. The minimum Gasteiger partial charge on any atom is -0.361 e. The third-order valence-electron chi connectivity index (χ3n) is 4.52. The normalized spacial score (nSPS) is 12.3. The summed E-state index contributed by atoms with van der Waals surface area (Å²) in [5, 5.41) is 5.68. The van der Waals surface area contributed by atoms with Gasteiger partial charge in [-0.25, -0.2) is 4.98 Å². The van der Waals surface area contributed by atoms with Crippen LogP contribution in [0.5, 0.6) is 0 Å². The predicted molar refractivity (Wildman–Crippen MR) is 108 cm³/mol. The number of hydrogen-bond donors (Lipinski definition) is 0. The first kappa shape index (κ1) is 17.0. The number of aromatic nitrogens is 4. The van der Waals surface area contributed by atoms with Crippen molar-refractivity contribution in [1.82, 2.24) is 19.3 Å². The summed E-state index contributed by atoms with van der Waals surface area (Å²) in [6.07, 6.45) is 1.88. The number of fused-ring (bicyclic) bond motifs is 2. The molecule has 2 aromatic carbocycles. The summed E-state index contributed by atoms with van der Waals surface area (Å²) in [6.45, 7) is 8.36. The molecule has 0 saturated carbocycles. The highest BCUT2D eigenvalue weighted by Gasteiger charge is 2.16. The van der Waals surface area contributed by atoms with Gasteiger partial charge in [0.1, 0.15) is 6.73 Å². The zero-order valence-corrected chi connectivity index (χ0v) is 16.5. The quantitative estimate of drug-likeness (QED) is 0.368. The van der Waals surface area contributed by atoms with Crippen LogP contribution in [0.3, 0.4) is 0 Å². The third-order valence-corrected chi connectivity index (χ3v) is 6.22. The van der Waals surface area contributed by atoms with Crippen LogP contribution < -0.4 is 0 Å². The Hall–Kier alpha value is -2.44. The van der Waals surface area contributed by atoms with E-state index in [1.165, 1.54) is 0 Å². The van der Waals surface area contributed by atoms with Crippen LogP contribution in [0.15, 0.2) is 54.7 Å². The number of nitrogens with zero attached hydrogens (tertiary/aromatic N) is 4. The molecule has 4 aromatic rings. The zero-order chi connectivity index (χ0) is 18.1. The monoisotopic (exact) mass is 364 g/mol. The molecule has 4 rings (SSSR count). The summed E-state index contributed by atoms with van der Waals surface area (Å²) in [7, 11) is -1.10. The molecule has 0 spiro atoms. The number of benzene rings is 2. The first-order valence-electron chi connectivity index (χ1n) is 8.99. The molecule has 0 fully saturated rings. The van der Waals surface area contributed by atoms with E-state index in [0.717, 1.165) is 40.5 Å². The molecule has 0 radical (unpaired) electrons. The Morgan fingerprint density at radius 2 is 1.69 bits per heavy atom. The molecule has 0 atom stereocenters. The van der Waals surface area contributed by atoms with Crippen LogP contribution in [0.1, 0.15) is 0 Å². The summed E-state index contributed by atoms with van der Waals surface area (Å²) in [6, 6.07) is 17.5. The average molecular weight is 365 g/mol. The molecule has 2 aromatic heterocycles. The zero-order valence-electron chi connectivity index (χ0n) is 15.5. The van der Waals surface area contributed by atoms with Crippen molar-refractivity contribution in [3.05, 3.63) is 54.7 Å². The van der Waals surface area contributed by atoms with Crippen LogP contribution in [0, 0.1) is 0 Å². The van der Waals surface area contributed by atoms with E-state index in [0.29, 0.717) is 6.73 Å². The molecule has 26 heavy (non-hydrogen) atoms. The molecule has 0 amide bonds. The van der Waals surface area contributed by atoms with E-state index in [4.69, 9.17) is 9.72 Å². The van der Waals surface area contributed by atoms with Crippen LogP contribution >= 0.6 is 0 Å². The standard InChI is InChI=1S/C20H24N4OSi/c1-26(2,3)13-12-25-15-23-19-11-7-5-9-17(19)22-20(23)24-18-10-6-4-8-16(18)14-21-24/h4-11,14H,12-13,15H2,1-3H3. The Bertz CT molecular complexity index is 1040. The van der Waals surface area contributed by atoms with Gasteiger partial charge < -0.3 is 4.74 Å². The summed E-state index contributed by atoms with van der Waals surface area (Å²) < 4.78 is 10.0. The van der Waals surface area contributed by atoms with E-state index in [-0.39, 0.29) is 0 Å². The topological polar surface area (TPSA) is 44.9 Å². The SMILES string of the molecule is C[Si](C)(C)CCOCn1c(-n2ncc3ccccc32)nc2ccccc21. The van der Waals surface area contributed by atoms with Gasteiger partial charge in [0.2, 0.25) is 5.95 Å². The van der Waals surface area contributed by atoms with Crippen molar-refractivity contribution in [3.8, 4) is 5.95 Å². The molecule has 0 saturated heterocycles. The molecular formula is C20H24N4OSi. The van der Waals surface area contributed by atoms with Gasteiger partial charge in [0.15, 0.2) is 0 Å². The average Bonchev–Trinajstić information content (AvgIpc) is 3.19. The Morgan fingerprint density at radius 1 is 0.962 bits per heavy atom. The van der Waals surface area contributed by atoms with Gasteiger partial charge in [0, 0.05) is 20.1 Å². The van der Waals surface area contributed by atoms with Crippen LogP contribution in [0.2, 0.25) is 25.7 Å². The van der Waals surface area contributed by atoms with E-state index >= 15 is 0 Å². The molecule has 134 valence electrons. The van der Waals surface area contributed by atoms with Crippen LogP contribution in [-0.2, 0) is 11.5 Å². The van der Waals surface area contributed by atoms with Crippen molar-refractivity contribution in [2.45, 2.75) is 32.4 Å². The van der Waals surface area contributed by atoms with Gasteiger partial charge in [-0.3, -0.25) is 4.57 Å². The van der Waals surface area contributed by atoms with E-state index in [9.17, 15) is 0 Å². The summed E-state index contributed by atoms with van der Waals surface area (Å²) in [5.41, 5.74) is 3.07. The highest BCUT2D eigenvalue weighted by atomic mass is 28.3. The second-order valence-electron chi connectivity index (χ2n) is 7.79. The van der Waals surface area contributed by atoms with Crippen molar-refractivity contribution in [2.24, 2.45) is 0 Å². The molecule has 0 aliphatic heterocycles. The van der Waals surface area contributed by atoms with Crippen molar-refractivity contribution in [2.75, 3.05) is 6.61 Å². The Morgan fingerprint density at radius 3 is 2.50 bits per heavy atom. The lowest BCUT2D eigenvalue weighted by molar-refractivity contribution is 0.0895. The van der Waals surface area contributed by atoms with Crippen LogP contribution in [0.4, 0.5) is 0 Å². The Kier molecular flexibility index (Phi) is 4.38. The van der Waals surface area contributed by atoms with E-state index < -0.39 is 8.07 Å². The second kappa shape index (κ2) is 6.70. The lowest BCUT2D eigenvalue weighted by Gasteiger charge is -2.16. The number of rotatable bonds is 6. The lowest BCUT2D eigenvalue weighted by Crippen LogP contribution is -2.22. The summed E-state index contributed by atoms with van der Waals surface area (Å²) in [4.78, 5) is 4.82. The number of para-hydroxylation sites is 3. The number of hydrogen-bond acceptors (Lipinski definition) is 3. The molecule has 0 aliphatic rings. The van der Waals surface area contributed by atoms with Gasteiger partial charge in [-0.2, -0.15) is 9.78 Å². The fourth-order valence-corrected chi connectivity index (χ4v) is 3.77. The third kappa shape index (κ3) is 3.30. The maximum Gasteiger partial charge on any atom is 0.234 e. The number of imidazole rings is 1. The first-order valence-corrected chi connectivity index (χ1v) is 12.7. The van der Waals surface area contributed by atoms with Crippen LogP contribution in [0.25, 0.3) is 27.9 Å². The maximum absolute atomic E-state index is 6.03. The van der Waals surface area contributed by atoms with Crippen LogP contribution in [-0.4, -0.2) is 34.0 Å². The number of ether oxygens (including phenoxy) is 1. The fraction of sp³-hybridized carbons (Fsp3) is 0.300. The Balaban J connectivity index is 1.72. The molecule has 0 bridgehead atoms. The van der Waals surface area contributed by atoms with Crippen molar-refractivity contribution >= 4 is 30.0 Å². The van der Waals surface area contributed by atoms with Gasteiger partial charge in [-0.05, 0) is 24.2 Å².